The van der Waals surface area contributed by atoms with E-state index in [1.54, 1.807) is 0 Å². The van der Waals surface area contributed by atoms with Crippen molar-refractivity contribution >= 4 is 17.9 Å². The Morgan fingerprint density at radius 2 is 0.494 bits per heavy atom. The third kappa shape index (κ3) is 68.2. The topological polar surface area (TPSA) is 78.9 Å². The first kappa shape index (κ1) is 78.5. The molecule has 0 aromatic heterocycles. The van der Waals surface area contributed by atoms with E-state index in [4.69, 9.17) is 14.2 Å². The molecule has 0 bridgehead atoms. The Balaban J connectivity index is 4.31. The first-order chi connectivity index (χ1) is 41.0. The van der Waals surface area contributed by atoms with Gasteiger partial charge in [0.05, 0.1) is 0 Å². The van der Waals surface area contributed by atoms with E-state index in [0.717, 1.165) is 103 Å². The van der Waals surface area contributed by atoms with E-state index < -0.39 is 6.10 Å². The maximum Gasteiger partial charge on any atom is 0.306 e. The molecule has 6 heteroatoms. The number of esters is 3. The second-order valence-corrected chi connectivity index (χ2v) is 22.7. The normalized spacial score (nSPS) is 13.0. The van der Waals surface area contributed by atoms with Gasteiger partial charge >= 0.3 is 17.9 Å². The molecule has 0 radical (unpaired) electrons. The van der Waals surface area contributed by atoms with Gasteiger partial charge in [0.15, 0.2) is 6.10 Å². The van der Waals surface area contributed by atoms with Crippen molar-refractivity contribution in [1.29, 1.82) is 0 Å². The summed E-state index contributed by atoms with van der Waals surface area (Å²) >= 11 is 0. The summed E-state index contributed by atoms with van der Waals surface area (Å²) in [6.45, 7) is 6.35. The molecule has 0 aromatic carbocycles. The third-order valence-corrected chi connectivity index (χ3v) is 14.6. The molecule has 6 nitrogen and oxygen atoms in total. The van der Waals surface area contributed by atoms with E-state index >= 15 is 0 Å². The van der Waals surface area contributed by atoms with Crippen molar-refractivity contribution in [3.63, 3.8) is 0 Å². The Morgan fingerprint density at radius 3 is 0.807 bits per heavy atom. The SMILES string of the molecule is CC/C=C\C/C=C\C/C=C\C/C=C\CCCCCCCCCCCCC(=O)OC(COC(=O)CC/C=C\C/C=C\C/C=C\C/C=C\CC)COC(=O)CCCCCCCCCCCCCCCC/C=C\C/C=C\C/C=C\CCCCCCC. The number of unbranched alkanes of at least 4 members (excludes halogenated alkanes) is 29. The quantitative estimate of drug-likeness (QED) is 0.0261. The molecular weight excluding hydrogens is 1020 g/mol. The highest BCUT2D eigenvalue weighted by molar-refractivity contribution is 5.71. The van der Waals surface area contributed by atoms with Crippen LogP contribution in [0.1, 0.15) is 316 Å². The molecule has 0 aromatic rings. The van der Waals surface area contributed by atoms with Crippen molar-refractivity contribution in [3.05, 3.63) is 134 Å². The fourth-order valence-electron chi connectivity index (χ4n) is 9.52. The van der Waals surface area contributed by atoms with E-state index in [0.29, 0.717) is 19.3 Å². The number of rotatable bonds is 62. The van der Waals surface area contributed by atoms with Crippen LogP contribution in [0.4, 0.5) is 0 Å². The van der Waals surface area contributed by atoms with E-state index in [1.165, 1.54) is 167 Å². The summed E-state index contributed by atoms with van der Waals surface area (Å²) in [5, 5.41) is 0. The molecule has 0 N–H and O–H groups in total. The van der Waals surface area contributed by atoms with Crippen molar-refractivity contribution in [2.24, 2.45) is 0 Å². The van der Waals surface area contributed by atoms with Crippen LogP contribution in [0.15, 0.2) is 134 Å². The van der Waals surface area contributed by atoms with Crippen molar-refractivity contribution in [2.45, 2.75) is 322 Å². The maximum absolute atomic E-state index is 12.9. The molecule has 0 rings (SSSR count). The van der Waals surface area contributed by atoms with Crippen LogP contribution in [0.5, 0.6) is 0 Å². The predicted octanol–water partition coefficient (Wildman–Crippen LogP) is 24.1. The Labute approximate surface area is 513 Å². The lowest BCUT2D eigenvalue weighted by Crippen LogP contribution is -2.30. The van der Waals surface area contributed by atoms with Crippen LogP contribution in [-0.4, -0.2) is 37.2 Å². The first-order valence-corrected chi connectivity index (χ1v) is 34.7. The molecule has 0 fully saturated rings. The highest BCUT2D eigenvalue weighted by atomic mass is 16.6. The van der Waals surface area contributed by atoms with Gasteiger partial charge < -0.3 is 14.2 Å². The van der Waals surface area contributed by atoms with Gasteiger partial charge in [0.25, 0.3) is 0 Å². The first-order valence-electron chi connectivity index (χ1n) is 34.7. The van der Waals surface area contributed by atoms with Gasteiger partial charge in [-0.05, 0) is 122 Å². The average Bonchev–Trinajstić information content (AvgIpc) is 3.49. The molecule has 0 aliphatic carbocycles. The Bertz CT molecular complexity index is 1750. The summed E-state index contributed by atoms with van der Waals surface area (Å²) in [5.41, 5.74) is 0. The van der Waals surface area contributed by atoms with Gasteiger partial charge in [-0.25, -0.2) is 0 Å². The van der Waals surface area contributed by atoms with Gasteiger partial charge in [-0.3, -0.25) is 14.4 Å². The standard InChI is InChI=1S/C77H128O6/c1-4-7-10-13-16-19-22-25-27-29-31-33-35-36-37-38-39-40-42-43-45-47-49-52-55-58-61-64-67-70-76(79)82-73-74(72-81-75(78)69-66-63-60-57-54-51-24-21-18-15-12-9-6-3)83-77(80)71-68-65-62-59-56-53-50-48-46-44-41-34-32-30-28-26-23-20-17-14-11-8-5-2/h8-9,11-12,17-18,20-22,25-26,28-29,31-32,34-36,51,54,60,63,74H,4-7,10,13-16,19,23-24,27,30,33,37-50,52-53,55-59,61-62,64-73H2,1-3H3/b11-8-,12-9-,20-17-,21-18-,25-22-,28-26-,31-29-,34-32-,36-35-,54-51-,63-60-. The van der Waals surface area contributed by atoms with Crippen LogP contribution >= 0.6 is 0 Å². The summed E-state index contributed by atoms with van der Waals surface area (Å²) in [7, 11) is 0. The zero-order chi connectivity index (χ0) is 59.9. The molecule has 0 aliphatic heterocycles. The van der Waals surface area contributed by atoms with Gasteiger partial charge in [0.1, 0.15) is 13.2 Å². The van der Waals surface area contributed by atoms with Crippen LogP contribution in [0.3, 0.4) is 0 Å². The van der Waals surface area contributed by atoms with Gasteiger partial charge in [0, 0.05) is 19.3 Å². The zero-order valence-corrected chi connectivity index (χ0v) is 54.2. The van der Waals surface area contributed by atoms with Gasteiger partial charge in [-0.2, -0.15) is 0 Å². The van der Waals surface area contributed by atoms with Crippen molar-refractivity contribution in [1.82, 2.24) is 0 Å². The Hall–Kier alpha value is -4.45. The molecule has 1 unspecified atom stereocenters. The molecule has 83 heavy (non-hydrogen) atoms. The molecule has 0 saturated heterocycles. The summed E-state index contributed by atoms with van der Waals surface area (Å²) in [4.78, 5) is 38.4. The molecule has 0 heterocycles. The minimum Gasteiger partial charge on any atom is -0.462 e. The van der Waals surface area contributed by atoms with Crippen LogP contribution < -0.4 is 0 Å². The molecule has 1 atom stereocenters. The lowest BCUT2D eigenvalue weighted by Gasteiger charge is -2.18. The number of hydrogen-bond donors (Lipinski definition) is 0. The van der Waals surface area contributed by atoms with Crippen LogP contribution in [0, 0.1) is 0 Å². The smallest absolute Gasteiger partial charge is 0.306 e. The largest absolute Gasteiger partial charge is 0.462 e. The van der Waals surface area contributed by atoms with Crippen molar-refractivity contribution < 1.29 is 28.6 Å². The predicted molar refractivity (Wildman–Crippen MR) is 362 cm³/mol. The van der Waals surface area contributed by atoms with Gasteiger partial charge in [-0.15, -0.1) is 0 Å². The second-order valence-electron chi connectivity index (χ2n) is 22.7. The minimum absolute atomic E-state index is 0.104. The van der Waals surface area contributed by atoms with E-state index in [2.05, 4.69) is 148 Å². The fraction of sp³-hybridized carbons (Fsp3) is 0.675. The monoisotopic (exact) mass is 1150 g/mol. The second kappa shape index (κ2) is 70.0. The average molecular weight is 1150 g/mol. The number of hydrogen-bond acceptors (Lipinski definition) is 6. The lowest BCUT2D eigenvalue weighted by molar-refractivity contribution is -0.166. The molecule has 0 amide bonds. The lowest BCUT2D eigenvalue weighted by atomic mass is 10.0. The molecule has 0 spiro atoms. The Morgan fingerprint density at radius 1 is 0.253 bits per heavy atom. The van der Waals surface area contributed by atoms with Crippen molar-refractivity contribution in [3.8, 4) is 0 Å². The summed E-state index contributed by atoms with van der Waals surface area (Å²) in [5.74, 6) is -0.988. The maximum atomic E-state index is 12.9. The highest BCUT2D eigenvalue weighted by Gasteiger charge is 2.19. The van der Waals surface area contributed by atoms with Gasteiger partial charge in [0.2, 0.25) is 0 Å². The minimum atomic E-state index is -0.815. The van der Waals surface area contributed by atoms with E-state index in [-0.39, 0.29) is 37.5 Å². The number of ether oxygens (including phenoxy) is 3. The molecule has 0 saturated carbocycles. The molecule has 472 valence electrons. The van der Waals surface area contributed by atoms with Crippen LogP contribution in [0.2, 0.25) is 0 Å². The molecule has 0 aliphatic rings. The van der Waals surface area contributed by atoms with Gasteiger partial charge in [-0.1, -0.05) is 309 Å². The third-order valence-electron chi connectivity index (χ3n) is 14.6. The number of carbonyl (C=O) groups is 3. The molecular formula is C77H128O6. The zero-order valence-electron chi connectivity index (χ0n) is 54.2. The van der Waals surface area contributed by atoms with Crippen molar-refractivity contribution in [2.75, 3.05) is 13.2 Å². The van der Waals surface area contributed by atoms with Crippen LogP contribution in [0.25, 0.3) is 0 Å². The summed E-state index contributed by atoms with van der Waals surface area (Å²) in [6.07, 6.45) is 99.2. The highest BCUT2D eigenvalue weighted by Crippen LogP contribution is 2.16. The fourth-order valence-corrected chi connectivity index (χ4v) is 9.52. The number of allylic oxidation sites excluding steroid dienone is 22. The van der Waals surface area contributed by atoms with Crippen LogP contribution in [-0.2, 0) is 28.6 Å². The van der Waals surface area contributed by atoms with E-state index in [1.807, 2.05) is 6.08 Å². The Kier molecular flexibility index (Phi) is 66.3. The van der Waals surface area contributed by atoms with E-state index in [9.17, 15) is 14.4 Å². The summed E-state index contributed by atoms with van der Waals surface area (Å²) < 4.78 is 16.9. The summed E-state index contributed by atoms with van der Waals surface area (Å²) in [6, 6.07) is 0. The number of carbonyl (C=O) groups excluding carboxylic acids is 3.